The van der Waals surface area contributed by atoms with E-state index in [1.165, 1.54) is 0 Å². The second-order valence-electron chi connectivity index (χ2n) is 3.89. The standard InChI is InChI=1S/C12H17N3O2/c1-9(12(13)15-17)8-14-11(16)7-10-5-3-2-4-6-10/h2-6,9,17H,7-8H2,1H3,(H2,13,15)(H,14,16). The Kier molecular flexibility index (Phi) is 5.00. The van der Waals surface area contributed by atoms with Crippen molar-refractivity contribution in [1.82, 2.24) is 5.32 Å². The minimum Gasteiger partial charge on any atom is -0.409 e. The molecule has 0 aliphatic rings. The van der Waals surface area contributed by atoms with Crippen LogP contribution in [0, 0.1) is 5.92 Å². The molecule has 1 unspecified atom stereocenters. The lowest BCUT2D eigenvalue weighted by atomic mass is 10.1. The number of amidine groups is 1. The van der Waals surface area contributed by atoms with E-state index in [0.717, 1.165) is 5.56 Å². The Morgan fingerprint density at radius 2 is 2.12 bits per heavy atom. The molecule has 92 valence electrons. The van der Waals surface area contributed by atoms with Crippen LogP contribution in [0.4, 0.5) is 0 Å². The van der Waals surface area contributed by atoms with Gasteiger partial charge in [-0.1, -0.05) is 42.4 Å². The zero-order chi connectivity index (χ0) is 12.7. The van der Waals surface area contributed by atoms with Crippen LogP contribution in [0.5, 0.6) is 0 Å². The minimum absolute atomic E-state index is 0.0752. The number of rotatable bonds is 5. The van der Waals surface area contributed by atoms with Gasteiger partial charge in [0.15, 0.2) is 0 Å². The summed E-state index contributed by atoms with van der Waals surface area (Å²) in [5.74, 6) is -0.140. The zero-order valence-corrected chi connectivity index (χ0v) is 9.76. The van der Waals surface area contributed by atoms with Crippen LogP contribution in [-0.4, -0.2) is 23.5 Å². The van der Waals surface area contributed by atoms with E-state index in [0.29, 0.717) is 13.0 Å². The van der Waals surface area contributed by atoms with Crippen molar-refractivity contribution in [3.8, 4) is 0 Å². The van der Waals surface area contributed by atoms with Gasteiger partial charge in [-0.2, -0.15) is 0 Å². The first kappa shape index (κ1) is 13.0. The lowest BCUT2D eigenvalue weighted by molar-refractivity contribution is -0.120. The van der Waals surface area contributed by atoms with Gasteiger partial charge in [-0.25, -0.2) is 0 Å². The fraction of sp³-hybridized carbons (Fsp3) is 0.333. The predicted molar refractivity (Wildman–Crippen MR) is 65.7 cm³/mol. The van der Waals surface area contributed by atoms with Crippen molar-refractivity contribution in [2.45, 2.75) is 13.3 Å². The Balaban J connectivity index is 2.36. The molecule has 4 N–H and O–H groups in total. The van der Waals surface area contributed by atoms with Crippen LogP contribution in [0.25, 0.3) is 0 Å². The summed E-state index contributed by atoms with van der Waals surface area (Å²) in [4.78, 5) is 11.6. The van der Waals surface area contributed by atoms with E-state index in [9.17, 15) is 4.79 Å². The van der Waals surface area contributed by atoms with Crippen molar-refractivity contribution in [2.24, 2.45) is 16.8 Å². The van der Waals surface area contributed by atoms with Gasteiger partial charge in [0.2, 0.25) is 5.91 Å². The fourth-order valence-corrected chi connectivity index (χ4v) is 1.31. The average molecular weight is 235 g/mol. The van der Waals surface area contributed by atoms with Crippen molar-refractivity contribution in [2.75, 3.05) is 6.54 Å². The highest BCUT2D eigenvalue weighted by Crippen LogP contribution is 1.99. The number of amides is 1. The highest BCUT2D eigenvalue weighted by Gasteiger charge is 2.09. The molecular weight excluding hydrogens is 218 g/mol. The summed E-state index contributed by atoms with van der Waals surface area (Å²) in [7, 11) is 0. The average Bonchev–Trinajstić information content (AvgIpc) is 2.36. The number of carbonyl (C=O) groups is 1. The first-order valence-electron chi connectivity index (χ1n) is 5.41. The number of nitrogens with two attached hydrogens (primary N) is 1. The van der Waals surface area contributed by atoms with Gasteiger partial charge in [0.05, 0.1) is 6.42 Å². The third kappa shape index (κ3) is 4.55. The maximum absolute atomic E-state index is 11.6. The number of nitrogens with zero attached hydrogens (tertiary/aromatic N) is 1. The molecule has 0 bridgehead atoms. The summed E-state index contributed by atoms with van der Waals surface area (Å²) in [6.07, 6.45) is 0.337. The molecule has 0 heterocycles. The number of hydrogen-bond donors (Lipinski definition) is 3. The molecule has 0 aliphatic heterocycles. The normalized spacial score (nSPS) is 13.1. The lowest BCUT2D eigenvalue weighted by Crippen LogP contribution is -2.35. The third-order valence-corrected chi connectivity index (χ3v) is 2.43. The van der Waals surface area contributed by atoms with Crippen LogP contribution in [0.2, 0.25) is 0 Å². The first-order chi connectivity index (χ1) is 8.13. The molecule has 0 radical (unpaired) electrons. The number of nitrogens with one attached hydrogen (secondary N) is 1. The molecule has 0 saturated carbocycles. The van der Waals surface area contributed by atoms with Gasteiger partial charge in [0, 0.05) is 12.5 Å². The number of hydrogen-bond acceptors (Lipinski definition) is 3. The zero-order valence-electron chi connectivity index (χ0n) is 9.76. The molecule has 5 heteroatoms. The van der Waals surface area contributed by atoms with Gasteiger partial charge in [-0.15, -0.1) is 0 Å². The topological polar surface area (TPSA) is 87.7 Å². The second kappa shape index (κ2) is 6.52. The molecule has 0 spiro atoms. The van der Waals surface area contributed by atoms with Gasteiger partial charge < -0.3 is 16.3 Å². The van der Waals surface area contributed by atoms with E-state index in [1.807, 2.05) is 30.3 Å². The summed E-state index contributed by atoms with van der Waals surface area (Å²) in [6, 6.07) is 9.48. The predicted octanol–water partition coefficient (Wildman–Crippen LogP) is 0.728. The Bertz CT molecular complexity index is 390. The van der Waals surface area contributed by atoms with Crippen molar-refractivity contribution >= 4 is 11.7 Å². The van der Waals surface area contributed by atoms with E-state index in [4.69, 9.17) is 10.9 Å². The molecule has 1 amide bonds. The largest absolute Gasteiger partial charge is 0.409 e. The molecule has 0 aliphatic carbocycles. The van der Waals surface area contributed by atoms with E-state index < -0.39 is 0 Å². The van der Waals surface area contributed by atoms with Crippen LogP contribution < -0.4 is 11.1 Å². The molecule has 0 fully saturated rings. The summed E-state index contributed by atoms with van der Waals surface area (Å²) in [6.45, 7) is 2.14. The van der Waals surface area contributed by atoms with Gasteiger partial charge in [-0.3, -0.25) is 4.79 Å². The summed E-state index contributed by atoms with van der Waals surface area (Å²) < 4.78 is 0. The molecular formula is C12H17N3O2. The Morgan fingerprint density at radius 1 is 1.47 bits per heavy atom. The Hall–Kier alpha value is -2.04. The van der Waals surface area contributed by atoms with Gasteiger partial charge in [0.1, 0.15) is 5.84 Å². The highest BCUT2D eigenvalue weighted by atomic mass is 16.4. The molecule has 1 aromatic carbocycles. The van der Waals surface area contributed by atoms with Crippen LogP contribution in [0.3, 0.4) is 0 Å². The summed E-state index contributed by atoms with van der Waals surface area (Å²) in [5.41, 5.74) is 6.36. The Morgan fingerprint density at radius 3 is 2.71 bits per heavy atom. The van der Waals surface area contributed by atoms with Crippen molar-refractivity contribution in [1.29, 1.82) is 0 Å². The molecule has 1 aromatic rings. The van der Waals surface area contributed by atoms with Crippen LogP contribution in [0.1, 0.15) is 12.5 Å². The van der Waals surface area contributed by atoms with Gasteiger partial charge in [-0.05, 0) is 5.56 Å². The van der Waals surface area contributed by atoms with E-state index in [2.05, 4.69) is 10.5 Å². The molecule has 0 aromatic heterocycles. The Labute approximate surface area is 100 Å². The maximum Gasteiger partial charge on any atom is 0.224 e. The first-order valence-corrected chi connectivity index (χ1v) is 5.41. The van der Waals surface area contributed by atoms with E-state index in [1.54, 1.807) is 6.92 Å². The number of oxime groups is 1. The maximum atomic E-state index is 11.6. The SMILES string of the molecule is CC(CNC(=O)Cc1ccccc1)C(N)=NO. The van der Waals surface area contributed by atoms with Crippen LogP contribution in [0.15, 0.2) is 35.5 Å². The minimum atomic E-state index is -0.181. The summed E-state index contributed by atoms with van der Waals surface area (Å²) in [5, 5.41) is 14.1. The molecule has 1 atom stereocenters. The van der Waals surface area contributed by atoms with Crippen molar-refractivity contribution < 1.29 is 10.0 Å². The van der Waals surface area contributed by atoms with Gasteiger partial charge >= 0.3 is 0 Å². The second-order valence-corrected chi connectivity index (χ2v) is 3.89. The number of benzene rings is 1. The van der Waals surface area contributed by atoms with Gasteiger partial charge in [0.25, 0.3) is 0 Å². The van der Waals surface area contributed by atoms with Crippen LogP contribution in [-0.2, 0) is 11.2 Å². The summed E-state index contributed by atoms with van der Waals surface area (Å²) >= 11 is 0. The molecule has 1 rings (SSSR count). The van der Waals surface area contributed by atoms with Crippen molar-refractivity contribution in [3.63, 3.8) is 0 Å². The van der Waals surface area contributed by atoms with E-state index >= 15 is 0 Å². The molecule has 0 saturated heterocycles. The quantitative estimate of drug-likeness (QED) is 0.304. The monoisotopic (exact) mass is 235 g/mol. The van der Waals surface area contributed by atoms with Crippen LogP contribution >= 0.6 is 0 Å². The number of carbonyl (C=O) groups excluding carboxylic acids is 1. The lowest BCUT2D eigenvalue weighted by Gasteiger charge is -2.10. The third-order valence-electron chi connectivity index (χ3n) is 2.43. The van der Waals surface area contributed by atoms with E-state index in [-0.39, 0.29) is 17.7 Å². The van der Waals surface area contributed by atoms with Crippen molar-refractivity contribution in [3.05, 3.63) is 35.9 Å². The highest BCUT2D eigenvalue weighted by molar-refractivity contribution is 5.83. The fourth-order valence-electron chi connectivity index (χ4n) is 1.31. The molecule has 17 heavy (non-hydrogen) atoms. The smallest absolute Gasteiger partial charge is 0.224 e. The molecule has 5 nitrogen and oxygen atoms in total.